The summed E-state index contributed by atoms with van der Waals surface area (Å²) in [5.74, 6) is 1.12. The largest absolute Gasteiger partial charge is 0.393 e. The van der Waals surface area contributed by atoms with Crippen LogP contribution in [0.25, 0.3) is 16.6 Å². The van der Waals surface area contributed by atoms with Crippen LogP contribution in [0.2, 0.25) is 0 Å². The molecule has 3 aromatic rings. The molecule has 3 aliphatic rings. The summed E-state index contributed by atoms with van der Waals surface area (Å²) in [5.41, 5.74) is 6.55. The Bertz CT molecular complexity index is 1070. The van der Waals surface area contributed by atoms with Crippen LogP contribution in [0.1, 0.15) is 48.6 Å². The van der Waals surface area contributed by atoms with Crippen molar-refractivity contribution in [1.29, 1.82) is 0 Å². The normalized spacial score (nSPS) is 28.8. The van der Waals surface area contributed by atoms with Gasteiger partial charge in [0, 0.05) is 10.9 Å². The molecule has 1 unspecified atom stereocenters. The monoisotopic (exact) mass is 402 g/mol. The van der Waals surface area contributed by atoms with Gasteiger partial charge in [-0.15, -0.1) is 0 Å². The third kappa shape index (κ3) is 3.01. The minimum atomic E-state index is -0.164. The van der Waals surface area contributed by atoms with Crippen LogP contribution in [-0.4, -0.2) is 28.9 Å². The Morgan fingerprint density at radius 1 is 0.967 bits per heavy atom. The first-order valence-corrected chi connectivity index (χ1v) is 11.5. The van der Waals surface area contributed by atoms with Gasteiger partial charge < -0.3 is 19.7 Å². The average molecular weight is 403 g/mol. The van der Waals surface area contributed by atoms with Crippen LogP contribution in [0.15, 0.2) is 48.5 Å². The van der Waals surface area contributed by atoms with E-state index in [4.69, 9.17) is 4.74 Å². The van der Waals surface area contributed by atoms with Gasteiger partial charge in [-0.3, -0.25) is 0 Å². The maximum absolute atomic E-state index is 10.4. The number of aliphatic hydroxyl groups excluding tert-OH is 1. The van der Waals surface area contributed by atoms with Crippen molar-refractivity contribution in [2.45, 2.75) is 50.9 Å². The fourth-order valence-electron chi connectivity index (χ4n) is 6.12. The molecule has 4 nitrogen and oxygen atoms in total. The number of aromatic nitrogens is 1. The first-order chi connectivity index (χ1) is 14.8. The fraction of sp³-hybridized carbons (Fsp3) is 0.462. The molecule has 3 heterocycles. The molecule has 30 heavy (non-hydrogen) atoms. The molecule has 2 aromatic carbocycles. The molecule has 2 N–H and O–H groups in total. The van der Waals surface area contributed by atoms with E-state index in [-0.39, 0.29) is 12.2 Å². The van der Waals surface area contributed by atoms with Crippen LogP contribution < -0.4 is 5.32 Å². The van der Waals surface area contributed by atoms with Gasteiger partial charge in [-0.2, -0.15) is 0 Å². The van der Waals surface area contributed by atoms with E-state index in [1.807, 2.05) is 0 Å². The molecule has 156 valence electrons. The van der Waals surface area contributed by atoms with Gasteiger partial charge in [0.05, 0.1) is 35.7 Å². The minimum Gasteiger partial charge on any atom is -0.393 e. The number of benzene rings is 2. The molecule has 2 aliphatic heterocycles. The van der Waals surface area contributed by atoms with Gasteiger partial charge in [0.15, 0.2) is 0 Å². The summed E-state index contributed by atoms with van der Waals surface area (Å²) in [6.07, 6.45) is 4.85. The summed E-state index contributed by atoms with van der Waals surface area (Å²) in [6.45, 7) is 2.69. The second kappa shape index (κ2) is 7.52. The van der Waals surface area contributed by atoms with Crippen molar-refractivity contribution >= 4 is 10.9 Å². The smallest absolute Gasteiger partial charge is 0.0988 e. The minimum absolute atomic E-state index is 0.0655. The molecular formula is C26H30N2O2. The molecule has 0 saturated heterocycles. The van der Waals surface area contributed by atoms with E-state index in [0.29, 0.717) is 18.4 Å². The summed E-state index contributed by atoms with van der Waals surface area (Å²) in [4.78, 5) is 0. The quantitative estimate of drug-likeness (QED) is 0.581. The Labute approximate surface area is 177 Å². The second-order valence-electron chi connectivity index (χ2n) is 9.32. The van der Waals surface area contributed by atoms with Gasteiger partial charge >= 0.3 is 0 Å². The SMILES string of the molecule is O[C@H]1CC[C@H]2CNCCc3c4n(c5ccccc35)-c3ccccc3CO[C@@H]4CC2C1. The van der Waals surface area contributed by atoms with E-state index in [0.717, 1.165) is 45.2 Å². The van der Waals surface area contributed by atoms with Crippen molar-refractivity contribution in [3.05, 3.63) is 65.4 Å². The number of hydrogen-bond acceptors (Lipinski definition) is 3. The highest BCUT2D eigenvalue weighted by molar-refractivity contribution is 5.88. The van der Waals surface area contributed by atoms with Crippen LogP contribution in [0.5, 0.6) is 0 Å². The molecule has 0 radical (unpaired) electrons. The predicted molar refractivity (Wildman–Crippen MR) is 119 cm³/mol. The van der Waals surface area contributed by atoms with Crippen LogP contribution in [0, 0.1) is 11.8 Å². The molecule has 0 bridgehead atoms. The highest BCUT2D eigenvalue weighted by Gasteiger charge is 2.36. The molecule has 4 atom stereocenters. The van der Waals surface area contributed by atoms with E-state index in [9.17, 15) is 5.11 Å². The zero-order valence-electron chi connectivity index (χ0n) is 17.4. The molecule has 1 aromatic heterocycles. The number of rotatable bonds is 0. The van der Waals surface area contributed by atoms with Crippen molar-refractivity contribution in [3.8, 4) is 5.69 Å². The van der Waals surface area contributed by atoms with Gasteiger partial charge in [-0.1, -0.05) is 36.4 Å². The zero-order valence-corrected chi connectivity index (χ0v) is 17.4. The maximum atomic E-state index is 10.4. The van der Waals surface area contributed by atoms with E-state index in [1.165, 1.54) is 33.4 Å². The van der Waals surface area contributed by atoms with E-state index < -0.39 is 0 Å². The summed E-state index contributed by atoms with van der Waals surface area (Å²) in [5, 5.41) is 15.5. The van der Waals surface area contributed by atoms with Gasteiger partial charge in [0.25, 0.3) is 0 Å². The lowest BCUT2D eigenvalue weighted by Gasteiger charge is -2.37. The summed E-state index contributed by atoms with van der Waals surface area (Å²) < 4.78 is 9.14. The molecule has 6 rings (SSSR count). The number of nitrogens with zero attached hydrogens (tertiary/aromatic N) is 1. The van der Waals surface area contributed by atoms with Gasteiger partial charge in [-0.05, 0) is 74.7 Å². The first-order valence-electron chi connectivity index (χ1n) is 11.5. The van der Waals surface area contributed by atoms with Crippen molar-refractivity contribution in [3.63, 3.8) is 0 Å². The topological polar surface area (TPSA) is 46.4 Å². The maximum Gasteiger partial charge on any atom is 0.0988 e. The van der Waals surface area contributed by atoms with Crippen molar-refractivity contribution in [2.75, 3.05) is 13.1 Å². The second-order valence-corrected chi connectivity index (χ2v) is 9.32. The molecule has 1 aliphatic carbocycles. The van der Waals surface area contributed by atoms with Crippen LogP contribution >= 0.6 is 0 Å². The Balaban J connectivity index is 1.56. The zero-order chi connectivity index (χ0) is 20.1. The fourth-order valence-corrected chi connectivity index (χ4v) is 6.12. The molecule has 4 heteroatoms. The number of nitrogens with one attached hydrogen (secondary N) is 1. The van der Waals surface area contributed by atoms with Gasteiger partial charge in [-0.25, -0.2) is 0 Å². The molecule has 1 saturated carbocycles. The Morgan fingerprint density at radius 2 is 1.83 bits per heavy atom. The van der Waals surface area contributed by atoms with Crippen LogP contribution in [0.4, 0.5) is 0 Å². The highest BCUT2D eigenvalue weighted by Crippen LogP contribution is 2.44. The number of aliphatic hydroxyl groups is 1. The molecule has 0 spiro atoms. The van der Waals surface area contributed by atoms with E-state index in [1.54, 1.807) is 0 Å². The number of fused-ring (bicyclic) bond motifs is 6. The summed E-state index contributed by atoms with van der Waals surface area (Å²) in [6, 6.07) is 17.5. The lowest BCUT2D eigenvalue weighted by molar-refractivity contribution is -0.00765. The van der Waals surface area contributed by atoms with Crippen molar-refractivity contribution in [2.24, 2.45) is 11.8 Å². The molecule has 1 fully saturated rings. The van der Waals surface area contributed by atoms with Crippen LogP contribution in [-0.2, 0) is 17.8 Å². The van der Waals surface area contributed by atoms with E-state index >= 15 is 0 Å². The van der Waals surface area contributed by atoms with Gasteiger partial charge in [0.1, 0.15) is 0 Å². The van der Waals surface area contributed by atoms with Gasteiger partial charge in [0.2, 0.25) is 0 Å². The van der Waals surface area contributed by atoms with Crippen molar-refractivity contribution < 1.29 is 9.84 Å². The highest BCUT2D eigenvalue weighted by atomic mass is 16.5. The Hall–Kier alpha value is -2.14. The standard InChI is InChI=1S/C26H30N2O2/c29-20-10-9-17-15-27-12-11-22-21-6-2-4-8-24(21)28-23-7-3-1-5-18(23)16-30-25(26(22)28)14-19(17)13-20/h1-8,17,19-20,25,27,29H,9-16H2/t17-,19?,20-,25+/m0/s1. The lowest BCUT2D eigenvalue weighted by atomic mass is 9.74. The predicted octanol–water partition coefficient (Wildman–Crippen LogP) is 4.51. The first kappa shape index (κ1) is 18.6. The third-order valence-corrected chi connectivity index (χ3v) is 7.58. The summed E-state index contributed by atoms with van der Waals surface area (Å²) in [7, 11) is 0. The number of para-hydroxylation sites is 2. The summed E-state index contributed by atoms with van der Waals surface area (Å²) >= 11 is 0. The number of hydrogen-bond donors (Lipinski definition) is 2. The third-order valence-electron chi connectivity index (χ3n) is 7.58. The Kier molecular flexibility index (Phi) is 4.67. The number of ether oxygens (including phenoxy) is 1. The average Bonchev–Trinajstić information content (AvgIpc) is 3.00. The molecule has 0 amide bonds. The van der Waals surface area contributed by atoms with E-state index in [2.05, 4.69) is 58.4 Å². The lowest BCUT2D eigenvalue weighted by Crippen LogP contribution is -2.37. The Morgan fingerprint density at radius 3 is 2.80 bits per heavy atom. The molecular weight excluding hydrogens is 372 g/mol. The van der Waals surface area contributed by atoms with Crippen LogP contribution in [0.3, 0.4) is 0 Å². The van der Waals surface area contributed by atoms with Crippen molar-refractivity contribution in [1.82, 2.24) is 9.88 Å².